The normalized spacial score (nSPS) is 21.0. The minimum Gasteiger partial charge on any atom is -0.372 e. The van der Waals surface area contributed by atoms with Gasteiger partial charge in [-0.05, 0) is 78.6 Å². The number of hydrogen-bond donors (Lipinski definition) is 1. The number of ether oxygens (including phenoxy) is 1. The number of carbonyl (C=O) groups is 1. The Morgan fingerprint density at radius 3 is 2.40 bits per heavy atom. The van der Waals surface area contributed by atoms with E-state index in [1.54, 1.807) is 0 Å². The van der Waals surface area contributed by atoms with E-state index in [0.717, 1.165) is 39.6 Å². The van der Waals surface area contributed by atoms with Crippen molar-refractivity contribution < 1.29 is 35.9 Å². The zero-order valence-corrected chi connectivity index (χ0v) is 23.8. The van der Waals surface area contributed by atoms with E-state index in [4.69, 9.17) is 4.74 Å². The average Bonchev–Trinajstić information content (AvgIpc) is 3.25. The topological polar surface area (TPSA) is 56.1 Å². The summed E-state index contributed by atoms with van der Waals surface area (Å²) < 4.78 is 86.8. The number of aromatic nitrogens is 2. The highest BCUT2D eigenvalue weighted by Crippen LogP contribution is 2.43. The first-order valence-corrected chi connectivity index (χ1v) is 13.9. The number of aryl methyl sites for hydroxylation is 2. The highest BCUT2D eigenvalue weighted by atomic mass is 19.4. The summed E-state index contributed by atoms with van der Waals surface area (Å²) in [5.41, 5.74) is 3.15. The molecule has 1 aliphatic carbocycles. The van der Waals surface area contributed by atoms with Crippen molar-refractivity contribution >= 4 is 22.6 Å². The monoisotopic (exact) mass is 603 g/mol. The van der Waals surface area contributed by atoms with Gasteiger partial charge in [-0.25, -0.2) is 18.2 Å². The molecule has 0 bridgehead atoms. The Balaban J connectivity index is 1.38. The van der Waals surface area contributed by atoms with Gasteiger partial charge in [-0.3, -0.25) is 4.79 Å². The highest BCUT2D eigenvalue weighted by Gasteiger charge is 2.40. The molecule has 4 atom stereocenters. The van der Waals surface area contributed by atoms with Crippen LogP contribution in [0.2, 0.25) is 0 Å². The Bertz CT molecular complexity index is 1620. The molecule has 1 aliphatic rings. The molecule has 1 amide bonds. The smallest absolute Gasteiger partial charge is 0.372 e. The summed E-state index contributed by atoms with van der Waals surface area (Å²) in [5, 5.41) is 2.40. The maximum absolute atomic E-state index is 14.5. The number of halogens is 6. The van der Waals surface area contributed by atoms with Crippen molar-refractivity contribution in [3.8, 4) is 11.1 Å². The van der Waals surface area contributed by atoms with Crippen LogP contribution in [-0.2, 0) is 22.8 Å². The van der Waals surface area contributed by atoms with Gasteiger partial charge in [0.2, 0.25) is 5.91 Å². The molecular formula is C32H31F6N3O2. The zero-order valence-electron chi connectivity index (χ0n) is 23.8. The van der Waals surface area contributed by atoms with E-state index in [9.17, 15) is 31.1 Å². The van der Waals surface area contributed by atoms with Crippen molar-refractivity contribution in [2.45, 2.75) is 51.3 Å². The lowest BCUT2D eigenvalue weighted by Gasteiger charge is -2.40. The Morgan fingerprint density at radius 2 is 1.74 bits per heavy atom. The summed E-state index contributed by atoms with van der Waals surface area (Å²) in [6.45, 7) is 3.00. The van der Waals surface area contributed by atoms with Crippen LogP contribution in [0.4, 0.5) is 32.0 Å². The summed E-state index contributed by atoms with van der Waals surface area (Å²) in [5.74, 6) is -2.25. The quantitative estimate of drug-likeness (QED) is 0.217. The molecule has 1 aromatic heterocycles. The van der Waals surface area contributed by atoms with Gasteiger partial charge in [0.25, 0.3) is 6.43 Å². The third-order valence-electron chi connectivity index (χ3n) is 8.43. The number of nitrogens with zero attached hydrogens (tertiary/aromatic N) is 2. The molecule has 3 aromatic carbocycles. The molecule has 11 heteroatoms. The van der Waals surface area contributed by atoms with Crippen molar-refractivity contribution in [3.63, 3.8) is 0 Å². The number of benzene rings is 3. The molecule has 0 saturated heterocycles. The zero-order chi connectivity index (χ0) is 31.1. The number of hydrogen-bond acceptors (Lipinski definition) is 3. The SMILES string of the molecule is Cc1nc2cc(-c3ccc(C4CC(OCC(F)F)CC(C(=O)Nc5ccc(C(F)(F)F)cc5F)[C@@H]4C)cc3)ccc2n1C. The number of imidazole rings is 1. The van der Waals surface area contributed by atoms with Crippen LogP contribution in [0.5, 0.6) is 0 Å². The van der Waals surface area contributed by atoms with Crippen molar-refractivity contribution in [2.24, 2.45) is 18.9 Å². The lowest BCUT2D eigenvalue weighted by molar-refractivity contribution is -0.137. The first-order valence-electron chi connectivity index (χ1n) is 13.9. The van der Waals surface area contributed by atoms with Crippen LogP contribution >= 0.6 is 0 Å². The molecule has 1 saturated carbocycles. The molecule has 4 aromatic rings. The van der Waals surface area contributed by atoms with Crippen LogP contribution in [0.25, 0.3) is 22.2 Å². The maximum atomic E-state index is 14.5. The van der Waals surface area contributed by atoms with Gasteiger partial charge in [-0.15, -0.1) is 0 Å². The van der Waals surface area contributed by atoms with Gasteiger partial charge in [-0.1, -0.05) is 37.3 Å². The van der Waals surface area contributed by atoms with Gasteiger partial charge >= 0.3 is 6.18 Å². The van der Waals surface area contributed by atoms with Crippen LogP contribution < -0.4 is 5.32 Å². The molecule has 43 heavy (non-hydrogen) atoms. The summed E-state index contributed by atoms with van der Waals surface area (Å²) in [7, 11) is 1.95. The van der Waals surface area contributed by atoms with Crippen molar-refractivity contribution in [2.75, 3.05) is 11.9 Å². The highest BCUT2D eigenvalue weighted by molar-refractivity contribution is 5.93. The molecule has 0 spiro atoms. The van der Waals surface area contributed by atoms with Crippen LogP contribution in [-0.4, -0.2) is 34.6 Å². The van der Waals surface area contributed by atoms with Gasteiger partial charge in [0, 0.05) is 13.0 Å². The van der Waals surface area contributed by atoms with Gasteiger partial charge in [0.05, 0.1) is 28.4 Å². The van der Waals surface area contributed by atoms with Gasteiger partial charge in [0.1, 0.15) is 18.2 Å². The van der Waals surface area contributed by atoms with Crippen molar-refractivity contribution in [1.82, 2.24) is 9.55 Å². The summed E-state index contributed by atoms with van der Waals surface area (Å²) >= 11 is 0. The largest absolute Gasteiger partial charge is 0.416 e. The summed E-state index contributed by atoms with van der Waals surface area (Å²) in [6, 6.07) is 15.7. The van der Waals surface area contributed by atoms with Gasteiger partial charge < -0.3 is 14.6 Å². The van der Waals surface area contributed by atoms with E-state index in [2.05, 4.69) is 10.3 Å². The molecule has 1 N–H and O–H groups in total. The summed E-state index contributed by atoms with van der Waals surface area (Å²) in [4.78, 5) is 17.9. The standard InChI is InChI=1S/C32H31F6N3O2/c1-17-24(20-6-4-19(5-7-20)21-8-11-29-28(12-21)39-18(2)41(29)3)14-23(43-16-30(34)35)15-25(17)31(42)40-27-10-9-22(13-26(27)33)32(36,37)38/h4-13,17,23-25,30H,14-16H2,1-3H3,(H,40,42)/t17-,23?,24?,25?/m1/s1. The molecular weight excluding hydrogens is 572 g/mol. The number of anilines is 1. The van der Waals surface area contributed by atoms with E-state index in [1.165, 1.54) is 0 Å². The number of rotatable bonds is 7. The predicted molar refractivity (Wildman–Crippen MR) is 151 cm³/mol. The third-order valence-corrected chi connectivity index (χ3v) is 8.43. The van der Waals surface area contributed by atoms with Gasteiger partial charge in [0.15, 0.2) is 0 Å². The summed E-state index contributed by atoms with van der Waals surface area (Å²) in [6.07, 6.45) is -7.59. The minimum atomic E-state index is -4.73. The fourth-order valence-corrected chi connectivity index (χ4v) is 5.94. The Morgan fingerprint density at radius 1 is 1.05 bits per heavy atom. The number of carbonyl (C=O) groups excluding carboxylic acids is 1. The lowest BCUT2D eigenvalue weighted by Crippen LogP contribution is -2.40. The van der Waals surface area contributed by atoms with E-state index in [0.29, 0.717) is 18.6 Å². The van der Waals surface area contributed by atoms with E-state index >= 15 is 0 Å². The predicted octanol–water partition coefficient (Wildman–Crippen LogP) is 8.13. The second-order valence-electron chi connectivity index (χ2n) is 11.1. The molecule has 1 heterocycles. The van der Waals surface area contributed by atoms with Gasteiger partial charge in [-0.2, -0.15) is 13.2 Å². The molecule has 0 radical (unpaired) electrons. The molecule has 228 valence electrons. The first-order chi connectivity index (χ1) is 20.3. The minimum absolute atomic E-state index is 0.111. The first kappa shape index (κ1) is 30.6. The number of nitrogens with one attached hydrogen (secondary N) is 1. The number of alkyl halides is 5. The fraction of sp³-hybridized carbons (Fsp3) is 0.375. The van der Waals surface area contributed by atoms with Crippen LogP contribution in [0.15, 0.2) is 60.7 Å². The van der Waals surface area contributed by atoms with E-state index in [1.807, 2.05) is 67.9 Å². The molecule has 1 fully saturated rings. The molecule has 0 aliphatic heterocycles. The van der Waals surface area contributed by atoms with Crippen molar-refractivity contribution in [1.29, 1.82) is 0 Å². The van der Waals surface area contributed by atoms with Crippen LogP contribution in [0.1, 0.15) is 42.6 Å². The van der Waals surface area contributed by atoms with E-state index < -0.39 is 48.5 Å². The van der Waals surface area contributed by atoms with Crippen LogP contribution in [0.3, 0.4) is 0 Å². The molecule has 5 rings (SSSR count). The second-order valence-corrected chi connectivity index (χ2v) is 11.1. The van der Waals surface area contributed by atoms with Crippen LogP contribution in [0, 0.1) is 24.6 Å². The number of fused-ring (bicyclic) bond motifs is 1. The number of amides is 1. The maximum Gasteiger partial charge on any atom is 0.416 e. The molecule has 5 nitrogen and oxygen atoms in total. The second kappa shape index (κ2) is 12.0. The van der Waals surface area contributed by atoms with E-state index in [-0.39, 0.29) is 23.9 Å². The average molecular weight is 604 g/mol. The van der Waals surface area contributed by atoms with Crippen molar-refractivity contribution in [3.05, 3.63) is 83.4 Å². The Kier molecular flexibility index (Phi) is 8.56. The lowest BCUT2D eigenvalue weighted by atomic mass is 9.68. The Labute approximate surface area is 244 Å². The Hall–Kier alpha value is -3.86. The fourth-order valence-electron chi connectivity index (χ4n) is 5.94. The third kappa shape index (κ3) is 6.56. The molecule has 3 unspecified atom stereocenters.